The fourth-order valence-electron chi connectivity index (χ4n) is 4.69. The molecule has 1 unspecified atom stereocenters. The van der Waals surface area contributed by atoms with E-state index in [1.807, 2.05) is 29.7 Å². The van der Waals surface area contributed by atoms with Gasteiger partial charge in [-0.25, -0.2) is 0 Å². The van der Waals surface area contributed by atoms with E-state index >= 15 is 0 Å². The van der Waals surface area contributed by atoms with Crippen LogP contribution in [-0.4, -0.2) is 53.1 Å². The molecular formula is C23H31N3O4. The molecule has 1 aliphatic carbocycles. The molecule has 3 heterocycles. The SMILES string of the molecule is COCCN1C(=O)c2ccc(-c3ccco3)n2CC1(C)C(=O)NC1CCC(C)CC1. The lowest BCUT2D eigenvalue weighted by molar-refractivity contribution is -0.134. The van der Waals surface area contributed by atoms with Crippen LogP contribution in [0.5, 0.6) is 0 Å². The topological polar surface area (TPSA) is 76.7 Å². The molecule has 0 spiro atoms. The first-order valence-corrected chi connectivity index (χ1v) is 10.8. The van der Waals surface area contributed by atoms with Crippen LogP contribution >= 0.6 is 0 Å². The lowest BCUT2D eigenvalue weighted by atomic mass is 9.86. The second kappa shape index (κ2) is 8.30. The summed E-state index contributed by atoms with van der Waals surface area (Å²) in [6.07, 6.45) is 5.83. The molecule has 7 heteroatoms. The Morgan fingerprint density at radius 2 is 1.97 bits per heavy atom. The molecule has 2 aromatic heterocycles. The molecule has 162 valence electrons. The maximum atomic E-state index is 13.5. The first-order chi connectivity index (χ1) is 14.4. The van der Waals surface area contributed by atoms with E-state index in [4.69, 9.17) is 9.15 Å². The van der Waals surface area contributed by atoms with Gasteiger partial charge in [-0.1, -0.05) is 6.92 Å². The van der Waals surface area contributed by atoms with E-state index in [0.717, 1.165) is 31.4 Å². The highest BCUT2D eigenvalue weighted by Gasteiger charge is 2.48. The van der Waals surface area contributed by atoms with Gasteiger partial charge in [0.05, 0.1) is 25.1 Å². The molecule has 7 nitrogen and oxygen atoms in total. The van der Waals surface area contributed by atoms with Crippen LogP contribution in [0.25, 0.3) is 11.5 Å². The van der Waals surface area contributed by atoms with Gasteiger partial charge >= 0.3 is 0 Å². The van der Waals surface area contributed by atoms with E-state index in [1.165, 1.54) is 0 Å². The van der Waals surface area contributed by atoms with Crippen molar-refractivity contribution in [2.45, 2.75) is 57.7 Å². The van der Waals surface area contributed by atoms with Gasteiger partial charge in [-0.15, -0.1) is 0 Å². The highest BCUT2D eigenvalue weighted by molar-refractivity contribution is 6.00. The van der Waals surface area contributed by atoms with Gasteiger partial charge in [-0.2, -0.15) is 0 Å². The molecule has 2 aliphatic rings. The Hall–Kier alpha value is -2.54. The van der Waals surface area contributed by atoms with Crippen LogP contribution < -0.4 is 5.32 Å². The monoisotopic (exact) mass is 413 g/mol. The zero-order valence-electron chi connectivity index (χ0n) is 18.0. The van der Waals surface area contributed by atoms with E-state index in [-0.39, 0.29) is 17.9 Å². The average molecular weight is 414 g/mol. The predicted octanol–water partition coefficient (Wildman–Crippen LogP) is 3.30. The second-order valence-electron chi connectivity index (χ2n) is 8.82. The number of ether oxygens (including phenoxy) is 1. The number of nitrogens with zero attached hydrogens (tertiary/aromatic N) is 2. The van der Waals surface area contributed by atoms with E-state index in [1.54, 1.807) is 24.3 Å². The lowest BCUT2D eigenvalue weighted by Gasteiger charge is -2.45. The third kappa shape index (κ3) is 3.67. The van der Waals surface area contributed by atoms with Gasteiger partial charge < -0.3 is 23.9 Å². The molecule has 1 atom stereocenters. The number of fused-ring (bicyclic) bond motifs is 1. The second-order valence-corrected chi connectivity index (χ2v) is 8.82. The van der Waals surface area contributed by atoms with Gasteiger partial charge in [0.2, 0.25) is 5.91 Å². The third-order valence-corrected chi connectivity index (χ3v) is 6.64. The Balaban J connectivity index is 1.65. The molecular weight excluding hydrogens is 382 g/mol. The van der Waals surface area contributed by atoms with Crippen molar-refractivity contribution in [1.29, 1.82) is 0 Å². The Morgan fingerprint density at radius 1 is 1.23 bits per heavy atom. The van der Waals surface area contributed by atoms with Gasteiger partial charge in [0, 0.05) is 19.7 Å². The zero-order chi connectivity index (χ0) is 21.3. The standard InChI is InChI=1S/C23H31N3O4/c1-16-6-8-17(9-7-16)24-22(28)23(2)15-25-18(20-5-4-13-30-20)10-11-19(25)21(27)26(23)12-14-29-3/h4-5,10-11,13,16-17H,6-9,12,14-15H2,1-3H3,(H,24,28). The summed E-state index contributed by atoms with van der Waals surface area (Å²) in [6.45, 7) is 5.23. The van der Waals surface area contributed by atoms with Crippen molar-refractivity contribution in [3.63, 3.8) is 0 Å². The zero-order valence-corrected chi connectivity index (χ0v) is 18.0. The van der Waals surface area contributed by atoms with Gasteiger partial charge in [-0.05, 0) is 62.8 Å². The first kappa shape index (κ1) is 20.7. The molecule has 0 saturated heterocycles. The van der Waals surface area contributed by atoms with E-state index in [0.29, 0.717) is 37.1 Å². The largest absolute Gasteiger partial charge is 0.463 e. The predicted molar refractivity (Wildman–Crippen MR) is 113 cm³/mol. The highest BCUT2D eigenvalue weighted by Crippen LogP contribution is 2.33. The Labute approximate surface area is 177 Å². The van der Waals surface area contributed by atoms with Crippen LogP contribution in [0.1, 0.15) is 50.0 Å². The average Bonchev–Trinajstić information content (AvgIpc) is 3.39. The van der Waals surface area contributed by atoms with Gasteiger partial charge in [0.1, 0.15) is 17.0 Å². The molecule has 1 fully saturated rings. The number of amides is 2. The summed E-state index contributed by atoms with van der Waals surface area (Å²) in [5.74, 6) is 1.13. The minimum atomic E-state index is -1.01. The Bertz CT molecular complexity index is 896. The van der Waals surface area contributed by atoms with Crippen LogP contribution in [0.15, 0.2) is 34.9 Å². The number of hydrogen-bond acceptors (Lipinski definition) is 4. The van der Waals surface area contributed by atoms with Crippen LogP contribution in [0.3, 0.4) is 0 Å². The van der Waals surface area contributed by atoms with Crippen LogP contribution in [0.2, 0.25) is 0 Å². The van der Waals surface area contributed by atoms with Crippen molar-refractivity contribution in [2.24, 2.45) is 5.92 Å². The number of methoxy groups -OCH3 is 1. The van der Waals surface area contributed by atoms with Gasteiger partial charge in [0.15, 0.2) is 0 Å². The van der Waals surface area contributed by atoms with Crippen molar-refractivity contribution in [2.75, 3.05) is 20.3 Å². The van der Waals surface area contributed by atoms with Crippen LogP contribution in [0.4, 0.5) is 0 Å². The number of furan rings is 1. The number of carbonyl (C=O) groups is 2. The maximum absolute atomic E-state index is 13.5. The third-order valence-electron chi connectivity index (χ3n) is 6.64. The molecule has 2 aromatic rings. The number of aromatic nitrogens is 1. The van der Waals surface area contributed by atoms with Crippen molar-refractivity contribution >= 4 is 11.8 Å². The Kier molecular flexibility index (Phi) is 5.73. The normalized spacial score (nSPS) is 26.5. The number of carbonyl (C=O) groups excluding carboxylic acids is 2. The smallest absolute Gasteiger partial charge is 0.271 e. The molecule has 0 aromatic carbocycles. The lowest BCUT2D eigenvalue weighted by Crippen LogP contribution is -2.65. The maximum Gasteiger partial charge on any atom is 0.271 e. The molecule has 0 bridgehead atoms. The van der Waals surface area contributed by atoms with Crippen molar-refractivity contribution < 1.29 is 18.7 Å². The summed E-state index contributed by atoms with van der Waals surface area (Å²) >= 11 is 0. The first-order valence-electron chi connectivity index (χ1n) is 10.8. The number of nitrogens with one attached hydrogen (secondary N) is 1. The van der Waals surface area contributed by atoms with Gasteiger partial charge in [0.25, 0.3) is 5.91 Å². The van der Waals surface area contributed by atoms with E-state index in [2.05, 4.69) is 12.2 Å². The molecule has 1 N–H and O–H groups in total. The molecule has 30 heavy (non-hydrogen) atoms. The minimum Gasteiger partial charge on any atom is -0.463 e. The fraction of sp³-hybridized carbons (Fsp3) is 0.565. The number of hydrogen-bond donors (Lipinski definition) is 1. The number of rotatable bonds is 6. The molecule has 4 rings (SSSR count). The van der Waals surface area contributed by atoms with Crippen molar-refractivity contribution in [3.05, 3.63) is 36.2 Å². The summed E-state index contributed by atoms with van der Waals surface area (Å²) in [5, 5.41) is 3.24. The molecule has 0 radical (unpaired) electrons. The van der Waals surface area contributed by atoms with Crippen LogP contribution in [-0.2, 0) is 16.1 Å². The van der Waals surface area contributed by atoms with Crippen molar-refractivity contribution in [1.82, 2.24) is 14.8 Å². The minimum absolute atomic E-state index is 0.101. The summed E-state index contributed by atoms with van der Waals surface area (Å²) in [4.78, 5) is 28.6. The van der Waals surface area contributed by atoms with Gasteiger partial charge in [-0.3, -0.25) is 9.59 Å². The summed E-state index contributed by atoms with van der Waals surface area (Å²) < 4.78 is 12.7. The van der Waals surface area contributed by atoms with Crippen LogP contribution in [0, 0.1) is 5.92 Å². The highest BCUT2D eigenvalue weighted by atomic mass is 16.5. The molecule has 1 saturated carbocycles. The summed E-state index contributed by atoms with van der Waals surface area (Å²) in [5.41, 5.74) is 0.362. The Morgan fingerprint density at radius 3 is 2.63 bits per heavy atom. The van der Waals surface area contributed by atoms with E-state index in [9.17, 15) is 9.59 Å². The molecule has 1 aliphatic heterocycles. The summed E-state index contributed by atoms with van der Waals surface area (Å²) in [6, 6.07) is 7.54. The quantitative estimate of drug-likeness (QED) is 0.788. The fourth-order valence-corrected chi connectivity index (χ4v) is 4.69. The van der Waals surface area contributed by atoms with Crippen molar-refractivity contribution in [3.8, 4) is 11.5 Å². The van der Waals surface area contributed by atoms with E-state index < -0.39 is 5.54 Å². The molecule has 2 amide bonds. The summed E-state index contributed by atoms with van der Waals surface area (Å²) in [7, 11) is 1.60.